The second kappa shape index (κ2) is 7.72. The zero-order valence-electron chi connectivity index (χ0n) is 16.5. The van der Waals surface area contributed by atoms with Crippen LogP contribution in [0, 0.1) is 10.1 Å². The summed E-state index contributed by atoms with van der Waals surface area (Å²) in [6, 6.07) is 24.2. The number of rotatable bonds is 4. The zero-order valence-corrected chi connectivity index (χ0v) is 16.5. The smallest absolute Gasteiger partial charge is 0.269 e. The molecule has 0 saturated carbocycles. The number of nitrogens with zero attached hydrogens (tertiary/aromatic N) is 4. The van der Waals surface area contributed by atoms with E-state index in [0.29, 0.717) is 6.04 Å². The first-order valence-electron chi connectivity index (χ1n) is 10.2. The van der Waals surface area contributed by atoms with Gasteiger partial charge < -0.3 is 0 Å². The molecular weight excluding hydrogens is 376 g/mol. The molecule has 2 aliphatic rings. The Morgan fingerprint density at radius 3 is 1.97 bits per heavy atom. The normalized spacial score (nSPS) is 16.6. The van der Waals surface area contributed by atoms with Gasteiger partial charge in [-0.25, -0.2) is 0 Å². The molecule has 30 heavy (non-hydrogen) atoms. The monoisotopic (exact) mass is 398 g/mol. The summed E-state index contributed by atoms with van der Waals surface area (Å²) in [6.45, 7) is 3.57. The van der Waals surface area contributed by atoms with Crippen molar-refractivity contribution in [3.63, 3.8) is 0 Å². The van der Waals surface area contributed by atoms with Gasteiger partial charge in [-0.15, -0.1) is 0 Å². The van der Waals surface area contributed by atoms with E-state index < -0.39 is 0 Å². The number of nitro groups is 1. The van der Waals surface area contributed by atoms with Crippen molar-refractivity contribution in [3.05, 3.63) is 99.6 Å². The minimum atomic E-state index is -0.389. The number of non-ortho nitro benzene ring substituents is 1. The van der Waals surface area contributed by atoms with Crippen molar-refractivity contribution >= 4 is 11.9 Å². The van der Waals surface area contributed by atoms with Crippen LogP contribution in [0.5, 0.6) is 0 Å². The van der Waals surface area contributed by atoms with Gasteiger partial charge >= 0.3 is 0 Å². The van der Waals surface area contributed by atoms with Crippen LogP contribution >= 0.6 is 0 Å². The van der Waals surface area contributed by atoms with Gasteiger partial charge in [-0.1, -0.05) is 48.5 Å². The van der Waals surface area contributed by atoms with Crippen molar-refractivity contribution in [2.45, 2.75) is 6.04 Å². The average molecular weight is 398 g/mol. The van der Waals surface area contributed by atoms with Gasteiger partial charge in [-0.3, -0.25) is 20.0 Å². The van der Waals surface area contributed by atoms with Crippen LogP contribution in [0.4, 0.5) is 5.69 Å². The van der Waals surface area contributed by atoms with Gasteiger partial charge in [0.1, 0.15) is 0 Å². The van der Waals surface area contributed by atoms with E-state index in [2.05, 4.69) is 63.5 Å². The summed E-state index contributed by atoms with van der Waals surface area (Å²) >= 11 is 0. The van der Waals surface area contributed by atoms with Gasteiger partial charge in [-0.2, -0.15) is 5.10 Å². The van der Waals surface area contributed by atoms with E-state index in [9.17, 15) is 10.1 Å². The molecule has 0 aromatic heterocycles. The maximum Gasteiger partial charge on any atom is 0.269 e. The number of hydrazone groups is 1. The molecular formula is C24H22N4O2. The quantitative estimate of drug-likeness (QED) is 0.373. The van der Waals surface area contributed by atoms with Crippen LogP contribution in [0.1, 0.15) is 22.7 Å². The van der Waals surface area contributed by atoms with Gasteiger partial charge in [0.05, 0.1) is 17.2 Å². The first kappa shape index (κ1) is 18.5. The van der Waals surface area contributed by atoms with E-state index >= 15 is 0 Å². The highest BCUT2D eigenvalue weighted by atomic mass is 16.6. The molecule has 1 aliphatic heterocycles. The van der Waals surface area contributed by atoms with Crippen LogP contribution < -0.4 is 0 Å². The number of benzene rings is 3. The van der Waals surface area contributed by atoms with Crippen LogP contribution in [-0.4, -0.2) is 47.2 Å². The van der Waals surface area contributed by atoms with E-state index in [1.54, 1.807) is 18.3 Å². The fourth-order valence-electron chi connectivity index (χ4n) is 4.44. The second-order valence-corrected chi connectivity index (χ2v) is 7.66. The summed E-state index contributed by atoms with van der Waals surface area (Å²) in [6.07, 6.45) is 1.78. The van der Waals surface area contributed by atoms with Crippen LogP contribution in [0.15, 0.2) is 77.9 Å². The molecule has 0 radical (unpaired) electrons. The molecule has 5 rings (SSSR count). The lowest BCUT2D eigenvalue weighted by molar-refractivity contribution is -0.384. The molecule has 0 N–H and O–H groups in total. The Labute approximate surface area is 175 Å². The summed E-state index contributed by atoms with van der Waals surface area (Å²) in [5, 5.41) is 17.4. The van der Waals surface area contributed by atoms with Gasteiger partial charge in [0.2, 0.25) is 0 Å². The summed E-state index contributed by atoms with van der Waals surface area (Å²) in [5.74, 6) is 0. The highest BCUT2D eigenvalue weighted by Crippen LogP contribution is 2.46. The SMILES string of the molecule is O=[N+]([O-])c1ccc(/C=N/N2CCN(C3c4ccccc4-c4ccccc43)CC2)cc1. The van der Waals surface area contributed by atoms with Crippen molar-refractivity contribution in [1.29, 1.82) is 0 Å². The number of piperazine rings is 1. The van der Waals surface area contributed by atoms with Gasteiger partial charge in [0.15, 0.2) is 0 Å². The maximum absolute atomic E-state index is 10.8. The molecule has 6 nitrogen and oxygen atoms in total. The molecule has 0 bridgehead atoms. The first-order chi connectivity index (χ1) is 14.7. The van der Waals surface area contributed by atoms with Crippen molar-refractivity contribution in [1.82, 2.24) is 9.91 Å². The van der Waals surface area contributed by atoms with E-state index in [1.807, 2.05) is 0 Å². The number of hydrogen-bond donors (Lipinski definition) is 0. The van der Waals surface area contributed by atoms with Crippen LogP contribution in [0.3, 0.4) is 0 Å². The summed E-state index contributed by atoms with van der Waals surface area (Å²) in [5.41, 5.74) is 6.43. The van der Waals surface area contributed by atoms with E-state index in [4.69, 9.17) is 0 Å². The fraction of sp³-hybridized carbons (Fsp3) is 0.208. The molecule has 0 amide bonds. The lowest BCUT2D eigenvalue weighted by Crippen LogP contribution is -2.45. The minimum absolute atomic E-state index is 0.0953. The number of nitro benzene ring substituents is 1. The fourth-order valence-corrected chi connectivity index (χ4v) is 4.44. The van der Waals surface area contributed by atoms with Crippen LogP contribution in [0.2, 0.25) is 0 Å². The van der Waals surface area contributed by atoms with Crippen molar-refractivity contribution in [2.24, 2.45) is 5.10 Å². The second-order valence-electron chi connectivity index (χ2n) is 7.66. The van der Waals surface area contributed by atoms with Crippen molar-refractivity contribution in [2.75, 3.05) is 26.2 Å². The Hall–Kier alpha value is -3.51. The highest BCUT2D eigenvalue weighted by molar-refractivity contribution is 5.80. The van der Waals surface area contributed by atoms with Crippen LogP contribution in [0.25, 0.3) is 11.1 Å². The molecule has 0 spiro atoms. The van der Waals surface area contributed by atoms with Gasteiger partial charge in [0, 0.05) is 38.3 Å². The third-order valence-corrected chi connectivity index (χ3v) is 5.93. The minimum Gasteiger partial charge on any atom is -0.294 e. The Balaban J connectivity index is 1.28. The van der Waals surface area contributed by atoms with Crippen molar-refractivity contribution < 1.29 is 4.92 Å². The average Bonchev–Trinajstić information content (AvgIpc) is 3.13. The molecule has 0 atom stereocenters. The molecule has 6 heteroatoms. The molecule has 1 fully saturated rings. The first-order valence-corrected chi connectivity index (χ1v) is 10.2. The Morgan fingerprint density at radius 2 is 1.40 bits per heavy atom. The Morgan fingerprint density at radius 1 is 0.833 bits per heavy atom. The highest BCUT2D eigenvalue weighted by Gasteiger charge is 2.33. The molecule has 1 aliphatic carbocycles. The Kier molecular flexibility index (Phi) is 4.77. The van der Waals surface area contributed by atoms with E-state index in [1.165, 1.54) is 34.4 Å². The number of hydrogen-bond acceptors (Lipinski definition) is 5. The lowest BCUT2D eigenvalue weighted by Gasteiger charge is -2.37. The van der Waals surface area contributed by atoms with E-state index in [-0.39, 0.29) is 10.6 Å². The summed E-state index contributed by atoms with van der Waals surface area (Å²) < 4.78 is 0. The molecule has 0 unspecified atom stereocenters. The van der Waals surface area contributed by atoms with Gasteiger partial charge in [0.25, 0.3) is 5.69 Å². The molecule has 150 valence electrons. The Bertz CT molecular complexity index is 1060. The standard InChI is InChI=1S/C24H22N4O2/c29-28(30)19-11-9-18(10-12-19)17-25-27-15-13-26(14-16-27)24-22-7-3-1-5-20(22)21-6-2-4-8-23(21)24/h1-12,17,24H,13-16H2/b25-17+. The molecule has 3 aromatic carbocycles. The van der Waals surface area contributed by atoms with E-state index in [0.717, 1.165) is 31.7 Å². The van der Waals surface area contributed by atoms with Crippen LogP contribution in [-0.2, 0) is 0 Å². The third-order valence-electron chi connectivity index (χ3n) is 5.93. The van der Waals surface area contributed by atoms with Crippen molar-refractivity contribution in [3.8, 4) is 11.1 Å². The lowest BCUT2D eigenvalue weighted by atomic mass is 10.0. The summed E-state index contributed by atoms with van der Waals surface area (Å²) in [4.78, 5) is 12.9. The molecule has 3 aromatic rings. The summed E-state index contributed by atoms with van der Waals surface area (Å²) in [7, 11) is 0. The predicted molar refractivity (Wildman–Crippen MR) is 118 cm³/mol. The number of fused-ring (bicyclic) bond motifs is 3. The topological polar surface area (TPSA) is 62.0 Å². The molecule has 1 saturated heterocycles. The predicted octanol–water partition coefficient (Wildman–Crippen LogP) is 4.32. The maximum atomic E-state index is 10.8. The third kappa shape index (κ3) is 3.35. The van der Waals surface area contributed by atoms with Gasteiger partial charge in [-0.05, 0) is 39.9 Å². The molecule has 1 heterocycles. The zero-order chi connectivity index (χ0) is 20.5. The largest absolute Gasteiger partial charge is 0.294 e.